The summed E-state index contributed by atoms with van der Waals surface area (Å²) in [5, 5.41) is 0. The van der Waals surface area contributed by atoms with Crippen LogP contribution in [0.1, 0.15) is 5.56 Å². The number of fused-ring (bicyclic) bond motifs is 1. The first kappa shape index (κ1) is 11.4. The Morgan fingerprint density at radius 1 is 1.32 bits per heavy atom. The second kappa shape index (κ2) is 4.53. The van der Waals surface area contributed by atoms with Gasteiger partial charge in [-0.3, -0.25) is 4.79 Å². The molecule has 1 aromatic carbocycles. The Morgan fingerprint density at radius 3 is 3.05 bits per heavy atom. The fourth-order valence-electron chi connectivity index (χ4n) is 1.94. The van der Waals surface area contributed by atoms with Crippen LogP contribution in [0.5, 0.6) is 5.75 Å². The monoisotopic (exact) mass is 253 g/mol. The highest BCUT2D eigenvalue weighted by atomic mass is 16.5. The Labute approximate surface area is 109 Å². The van der Waals surface area contributed by atoms with Gasteiger partial charge in [-0.05, 0) is 36.8 Å². The third-order valence-corrected chi connectivity index (χ3v) is 2.81. The summed E-state index contributed by atoms with van der Waals surface area (Å²) in [7, 11) is 0. The minimum absolute atomic E-state index is 0.382. The first-order chi connectivity index (χ1) is 9.28. The zero-order valence-corrected chi connectivity index (χ0v) is 10.3. The number of benzene rings is 1. The molecule has 5 heteroatoms. The van der Waals surface area contributed by atoms with Crippen LogP contribution in [0.2, 0.25) is 0 Å². The summed E-state index contributed by atoms with van der Waals surface area (Å²) >= 11 is 0. The number of carbonyl (C=O) groups is 1. The van der Waals surface area contributed by atoms with E-state index in [1.54, 1.807) is 18.3 Å². The van der Waals surface area contributed by atoms with Crippen molar-refractivity contribution >= 4 is 17.5 Å². The number of H-pyrrole nitrogens is 1. The number of pyridine rings is 1. The maximum absolute atomic E-state index is 10.5. The van der Waals surface area contributed by atoms with Gasteiger partial charge in [-0.2, -0.15) is 0 Å². The predicted molar refractivity (Wildman–Crippen MR) is 70.8 cm³/mol. The van der Waals surface area contributed by atoms with E-state index in [4.69, 9.17) is 4.74 Å². The molecule has 0 amide bonds. The maximum Gasteiger partial charge on any atom is 0.298 e. The number of hydrogen-bond acceptors (Lipinski definition) is 4. The van der Waals surface area contributed by atoms with Crippen molar-refractivity contribution in [2.24, 2.45) is 0 Å². The number of aromatic nitrogens is 3. The molecule has 0 bridgehead atoms. The Hall–Kier alpha value is -2.69. The molecule has 0 saturated carbocycles. The van der Waals surface area contributed by atoms with Crippen molar-refractivity contribution in [2.75, 3.05) is 0 Å². The third kappa shape index (κ3) is 2.06. The average Bonchev–Trinajstić information content (AvgIpc) is 2.82. The number of hydrogen-bond donors (Lipinski definition) is 1. The maximum atomic E-state index is 10.5. The molecule has 0 saturated heterocycles. The zero-order chi connectivity index (χ0) is 13.2. The molecule has 0 fully saturated rings. The van der Waals surface area contributed by atoms with Crippen molar-refractivity contribution in [1.29, 1.82) is 0 Å². The second-order valence-corrected chi connectivity index (χ2v) is 4.17. The number of carbonyl (C=O) groups excluding carboxylic acids is 1. The van der Waals surface area contributed by atoms with Crippen LogP contribution < -0.4 is 4.74 Å². The van der Waals surface area contributed by atoms with Gasteiger partial charge in [0.15, 0.2) is 11.6 Å². The Bertz CT molecular complexity index is 749. The lowest BCUT2D eigenvalue weighted by molar-refractivity contribution is -0.120. The smallest absolute Gasteiger partial charge is 0.298 e. The molecular weight excluding hydrogens is 242 g/mol. The number of aryl methyl sites for hydroxylation is 1. The molecule has 2 aromatic heterocycles. The largest absolute Gasteiger partial charge is 0.426 e. The molecule has 2 heterocycles. The highest BCUT2D eigenvalue weighted by Gasteiger charge is 2.12. The standard InChI is InChI=1S/C14H11N3O2/c1-9-4-5-10-11(7-9)17-14(16-10)13-12(19-8-18)3-2-6-15-13/h2-8H,1H3,(H,16,17). The van der Waals surface area contributed by atoms with E-state index >= 15 is 0 Å². The van der Waals surface area contributed by atoms with E-state index in [0.29, 0.717) is 23.7 Å². The lowest BCUT2D eigenvalue weighted by Crippen LogP contribution is -1.94. The number of ether oxygens (including phenoxy) is 1. The van der Waals surface area contributed by atoms with E-state index in [2.05, 4.69) is 15.0 Å². The van der Waals surface area contributed by atoms with Crippen LogP contribution in [0.4, 0.5) is 0 Å². The summed E-state index contributed by atoms with van der Waals surface area (Å²) < 4.78 is 4.91. The van der Waals surface area contributed by atoms with Crippen molar-refractivity contribution in [3.05, 3.63) is 42.1 Å². The number of nitrogens with zero attached hydrogens (tertiary/aromatic N) is 2. The van der Waals surface area contributed by atoms with E-state index in [1.807, 2.05) is 25.1 Å². The Morgan fingerprint density at radius 2 is 2.21 bits per heavy atom. The lowest BCUT2D eigenvalue weighted by atomic mass is 10.2. The molecule has 0 spiro atoms. The van der Waals surface area contributed by atoms with Gasteiger partial charge in [0.1, 0.15) is 5.69 Å². The first-order valence-electron chi connectivity index (χ1n) is 5.80. The van der Waals surface area contributed by atoms with Gasteiger partial charge in [-0.1, -0.05) is 6.07 Å². The topological polar surface area (TPSA) is 67.9 Å². The van der Waals surface area contributed by atoms with E-state index in [9.17, 15) is 4.79 Å². The number of aromatic amines is 1. The summed E-state index contributed by atoms with van der Waals surface area (Å²) in [5.41, 5.74) is 3.43. The highest BCUT2D eigenvalue weighted by molar-refractivity contribution is 5.80. The quantitative estimate of drug-likeness (QED) is 0.728. The van der Waals surface area contributed by atoms with E-state index in [-0.39, 0.29) is 0 Å². The number of nitrogens with one attached hydrogen (secondary N) is 1. The molecule has 0 radical (unpaired) electrons. The fourth-order valence-corrected chi connectivity index (χ4v) is 1.94. The molecule has 3 rings (SSSR count). The van der Waals surface area contributed by atoms with Crippen molar-refractivity contribution in [2.45, 2.75) is 6.92 Å². The van der Waals surface area contributed by atoms with Crippen LogP contribution in [0.15, 0.2) is 36.5 Å². The SMILES string of the molecule is Cc1ccc2[nH]c(-c3ncccc3OC=O)nc2c1. The second-order valence-electron chi connectivity index (χ2n) is 4.17. The summed E-state index contributed by atoms with van der Waals surface area (Å²) in [5.74, 6) is 0.964. The molecule has 0 aliphatic carbocycles. The van der Waals surface area contributed by atoms with Crippen molar-refractivity contribution in [3.8, 4) is 17.3 Å². The summed E-state index contributed by atoms with van der Waals surface area (Å²) in [4.78, 5) is 22.3. The minimum Gasteiger partial charge on any atom is -0.426 e. The van der Waals surface area contributed by atoms with Gasteiger partial charge >= 0.3 is 0 Å². The molecule has 0 atom stereocenters. The molecule has 0 aliphatic heterocycles. The van der Waals surface area contributed by atoms with E-state index in [0.717, 1.165) is 16.6 Å². The number of imidazole rings is 1. The molecule has 0 unspecified atom stereocenters. The van der Waals surface area contributed by atoms with Crippen LogP contribution in [0, 0.1) is 6.92 Å². The van der Waals surface area contributed by atoms with Crippen LogP contribution in [0.25, 0.3) is 22.6 Å². The van der Waals surface area contributed by atoms with Gasteiger partial charge in [0.05, 0.1) is 11.0 Å². The Balaban J connectivity index is 2.16. The van der Waals surface area contributed by atoms with Crippen LogP contribution in [0.3, 0.4) is 0 Å². The van der Waals surface area contributed by atoms with Crippen LogP contribution in [-0.2, 0) is 4.79 Å². The predicted octanol–water partition coefficient (Wildman–Crippen LogP) is 2.47. The van der Waals surface area contributed by atoms with Crippen molar-refractivity contribution < 1.29 is 9.53 Å². The molecular formula is C14H11N3O2. The summed E-state index contributed by atoms with van der Waals surface area (Å²) in [6.45, 7) is 2.39. The summed E-state index contributed by atoms with van der Waals surface area (Å²) in [6.07, 6.45) is 1.63. The fraction of sp³-hybridized carbons (Fsp3) is 0.0714. The Kier molecular flexibility index (Phi) is 2.72. The molecule has 94 valence electrons. The van der Waals surface area contributed by atoms with E-state index < -0.39 is 0 Å². The molecule has 0 aliphatic rings. The van der Waals surface area contributed by atoms with Crippen molar-refractivity contribution in [3.63, 3.8) is 0 Å². The van der Waals surface area contributed by atoms with Crippen LogP contribution in [-0.4, -0.2) is 21.4 Å². The number of rotatable bonds is 3. The van der Waals surface area contributed by atoms with E-state index in [1.165, 1.54) is 0 Å². The van der Waals surface area contributed by atoms with Crippen LogP contribution >= 0.6 is 0 Å². The summed E-state index contributed by atoms with van der Waals surface area (Å²) in [6, 6.07) is 9.33. The molecule has 5 nitrogen and oxygen atoms in total. The minimum atomic E-state index is 0.382. The normalized spacial score (nSPS) is 10.6. The zero-order valence-electron chi connectivity index (χ0n) is 10.3. The first-order valence-corrected chi connectivity index (χ1v) is 5.80. The highest BCUT2D eigenvalue weighted by Crippen LogP contribution is 2.26. The van der Waals surface area contributed by atoms with Gasteiger partial charge in [0.2, 0.25) is 0 Å². The van der Waals surface area contributed by atoms with Gasteiger partial charge < -0.3 is 9.72 Å². The van der Waals surface area contributed by atoms with Gasteiger partial charge in [0, 0.05) is 6.20 Å². The lowest BCUT2D eigenvalue weighted by Gasteiger charge is -2.02. The van der Waals surface area contributed by atoms with Crippen molar-refractivity contribution in [1.82, 2.24) is 15.0 Å². The van der Waals surface area contributed by atoms with Gasteiger partial charge in [-0.15, -0.1) is 0 Å². The average molecular weight is 253 g/mol. The van der Waals surface area contributed by atoms with Gasteiger partial charge in [0.25, 0.3) is 6.47 Å². The molecule has 1 N–H and O–H groups in total. The third-order valence-electron chi connectivity index (χ3n) is 2.81. The molecule has 3 aromatic rings. The molecule has 19 heavy (non-hydrogen) atoms. The van der Waals surface area contributed by atoms with Gasteiger partial charge in [-0.25, -0.2) is 9.97 Å².